The fourth-order valence-electron chi connectivity index (χ4n) is 2.84. The van der Waals surface area contributed by atoms with E-state index < -0.39 is 0 Å². The quantitative estimate of drug-likeness (QED) is 0.834. The van der Waals surface area contributed by atoms with E-state index in [4.69, 9.17) is 22.1 Å². The number of hydrogen-bond donors (Lipinski definition) is 1. The first-order valence-electron chi connectivity index (χ1n) is 7.86. The van der Waals surface area contributed by atoms with Crippen molar-refractivity contribution in [2.24, 2.45) is 11.7 Å². The van der Waals surface area contributed by atoms with Crippen molar-refractivity contribution in [3.8, 4) is 5.75 Å². The van der Waals surface area contributed by atoms with E-state index in [0.717, 1.165) is 35.8 Å². The van der Waals surface area contributed by atoms with Gasteiger partial charge in [0.2, 0.25) is 0 Å². The van der Waals surface area contributed by atoms with Gasteiger partial charge in [-0.1, -0.05) is 43.9 Å². The van der Waals surface area contributed by atoms with Crippen LogP contribution in [0.2, 0.25) is 5.02 Å². The molecule has 2 N–H and O–H groups in total. The second-order valence-electron chi connectivity index (χ2n) is 5.90. The van der Waals surface area contributed by atoms with Gasteiger partial charge in [-0.2, -0.15) is 0 Å². The molecule has 112 valence electrons. The van der Waals surface area contributed by atoms with E-state index >= 15 is 0 Å². The van der Waals surface area contributed by atoms with Gasteiger partial charge in [0.15, 0.2) is 0 Å². The summed E-state index contributed by atoms with van der Waals surface area (Å²) in [5.41, 5.74) is 7.14. The third-order valence-corrected chi connectivity index (χ3v) is 4.62. The van der Waals surface area contributed by atoms with Gasteiger partial charge < -0.3 is 10.5 Å². The van der Waals surface area contributed by atoms with Crippen LogP contribution >= 0.6 is 11.6 Å². The minimum Gasteiger partial charge on any atom is -0.493 e. The van der Waals surface area contributed by atoms with Crippen LogP contribution in [0, 0.1) is 5.92 Å². The Balaban J connectivity index is 2.00. The Hall–Kier alpha value is -0.730. The molecule has 0 heterocycles. The maximum absolute atomic E-state index is 6.32. The highest BCUT2D eigenvalue weighted by Crippen LogP contribution is 2.30. The van der Waals surface area contributed by atoms with Crippen molar-refractivity contribution >= 4 is 11.6 Å². The second-order valence-corrected chi connectivity index (χ2v) is 6.31. The van der Waals surface area contributed by atoms with Crippen LogP contribution < -0.4 is 10.5 Å². The number of hydrogen-bond acceptors (Lipinski definition) is 2. The van der Waals surface area contributed by atoms with Crippen molar-refractivity contribution < 1.29 is 4.74 Å². The van der Waals surface area contributed by atoms with E-state index in [1.54, 1.807) is 0 Å². The maximum Gasteiger partial charge on any atom is 0.124 e. The lowest BCUT2D eigenvalue weighted by Crippen LogP contribution is -2.22. The zero-order valence-corrected chi connectivity index (χ0v) is 13.2. The van der Waals surface area contributed by atoms with Crippen LogP contribution in [-0.4, -0.2) is 12.6 Å². The molecule has 1 aromatic rings. The average Bonchev–Trinajstić information content (AvgIpc) is 2.48. The molecule has 20 heavy (non-hydrogen) atoms. The minimum atomic E-state index is 0.145. The minimum absolute atomic E-state index is 0.145. The summed E-state index contributed by atoms with van der Waals surface area (Å²) in [7, 11) is 0. The molecule has 1 fully saturated rings. The Kier molecular flexibility index (Phi) is 6.18. The van der Waals surface area contributed by atoms with Crippen LogP contribution in [0.5, 0.6) is 5.75 Å². The first kappa shape index (κ1) is 15.7. The summed E-state index contributed by atoms with van der Waals surface area (Å²) in [6.07, 6.45) is 8.40. The number of ether oxygens (including phenoxy) is 1. The summed E-state index contributed by atoms with van der Waals surface area (Å²) >= 11 is 6.32. The molecule has 2 nitrogen and oxygen atoms in total. The molecule has 0 amide bonds. The summed E-state index contributed by atoms with van der Waals surface area (Å²) < 4.78 is 6.06. The molecule has 0 aromatic heterocycles. The smallest absolute Gasteiger partial charge is 0.124 e. The van der Waals surface area contributed by atoms with E-state index in [-0.39, 0.29) is 6.04 Å². The number of nitrogens with two attached hydrogens (primary N) is 1. The highest BCUT2D eigenvalue weighted by atomic mass is 35.5. The summed E-state index contributed by atoms with van der Waals surface area (Å²) in [5.74, 6) is 1.63. The Morgan fingerprint density at radius 2 is 2.05 bits per heavy atom. The fourth-order valence-corrected chi connectivity index (χ4v) is 3.08. The Bertz CT molecular complexity index is 415. The number of rotatable bonds is 6. The van der Waals surface area contributed by atoms with Gasteiger partial charge in [-0.05, 0) is 43.7 Å². The fraction of sp³-hybridized carbons (Fsp3) is 0.647. The van der Waals surface area contributed by atoms with Crippen LogP contribution in [0.25, 0.3) is 0 Å². The van der Waals surface area contributed by atoms with E-state index in [1.165, 1.54) is 32.1 Å². The molecule has 1 atom stereocenters. The van der Waals surface area contributed by atoms with E-state index in [2.05, 4.69) is 6.92 Å². The molecule has 3 heteroatoms. The third-order valence-electron chi connectivity index (χ3n) is 4.27. The normalized spacial score (nSPS) is 17.9. The summed E-state index contributed by atoms with van der Waals surface area (Å²) in [6.45, 7) is 2.92. The van der Waals surface area contributed by atoms with E-state index in [1.807, 2.05) is 18.2 Å². The zero-order chi connectivity index (χ0) is 14.4. The van der Waals surface area contributed by atoms with Gasteiger partial charge in [-0.25, -0.2) is 0 Å². The Labute approximate surface area is 127 Å². The van der Waals surface area contributed by atoms with Crippen molar-refractivity contribution in [1.82, 2.24) is 0 Å². The molecule has 0 radical (unpaired) electrons. The van der Waals surface area contributed by atoms with Crippen LogP contribution in [0.4, 0.5) is 0 Å². The average molecular weight is 296 g/mol. The van der Waals surface area contributed by atoms with Gasteiger partial charge in [0.05, 0.1) is 6.61 Å². The summed E-state index contributed by atoms with van der Waals surface area (Å²) in [4.78, 5) is 0. The van der Waals surface area contributed by atoms with E-state index in [9.17, 15) is 0 Å². The van der Waals surface area contributed by atoms with Crippen molar-refractivity contribution in [2.75, 3.05) is 6.61 Å². The molecule has 1 aliphatic rings. The lowest BCUT2D eigenvalue weighted by atomic mass is 9.90. The predicted molar refractivity (Wildman–Crippen MR) is 85.5 cm³/mol. The number of halogens is 1. The standard InChI is InChI=1S/C17H26ClNO/c1-2-14(19)11-15-16(18)9-6-10-17(15)20-12-13-7-4-3-5-8-13/h6,9-10,13-14H,2-5,7-8,11-12,19H2,1H3. The third kappa shape index (κ3) is 4.39. The van der Waals surface area contributed by atoms with Gasteiger partial charge in [0.25, 0.3) is 0 Å². The molecular formula is C17H26ClNO. The zero-order valence-electron chi connectivity index (χ0n) is 12.4. The van der Waals surface area contributed by atoms with Crippen molar-refractivity contribution in [2.45, 2.75) is 57.9 Å². The first-order valence-corrected chi connectivity index (χ1v) is 8.24. The lowest BCUT2D eigenvalue weighted by molar-refractivity contribution is 0.207. The van der Waals surface area contributed by atoms with Crippen LogP contribution in [0.3, 0.4) is 0 Å². The van der Waals surface area contributed by atoms with Gasteiger partial charge in [0.1, 0.15) is 5.75 Å². The van der Waals surface area contributed by atoms with Crippen LogP contribution in [0.15, 0.2) is 18.2 Å². The highest BCUT2D eigenvalue weighted by molar-refractivity contribution is 6.31. The molecule has 1 unspecified atom stereocenters. The molecule has 1 saturated carbocycles. The monoisotopic (exact) mass is 295 g/mol. The van der Waals surface area contributed by atoms with Crippen molar-refractivity contribution in [3.63, 3.8) is 0 Å². The second kappa shape index (κ2) is 7.90. The predicted octanol–water partition coefficient (Wildman–Crippen LogP) is 4.58. The van der Waals surface area contributed by atoms with Crippen LogP contribution in [0.1, 0.15) is 51.0 Å². The van der Waals surface area contributed by atoms with Crippen molar-refractivity contribution in [3.05, 3.63) is 28.8 Å². The molecular weight excluding hydrogens is 270 g/mol. The van der Waals surface area contributed by atoms with Crippen LogP contribution in [-0.2, 0) is 6.42 Å². The van der Waals surface area contributed by atoms with Crippen molar-refractivity contribution in [1.29, 1.82) is 0 Å². The number of benzene rings is 1. The van der Waals surface area contributed by atoms with Gasteiger partial charge in [-0.3, -0.25) is 0 Å². The Morgan fingerprint density at radius 3 is 2.75 bits per heavy atom. The van der Waals surface area contributed by atoms with Gasteiger partial charge >= 0.3 is 0 Å². The van der Waals surface area contributed by atoms with Gasteiger partial charge in [-0.15, -0.1) is 0 Å². The molecule has 0 saturated heterocycles. The summed E-state index contributed by atoms with van der Waals surface area (Å²) in [6, 6.07) is 6.05. The molecule has 2 rings (SSSR count). The highest BCUT2D eigenvalue weighted by Gasteiger charge is 2.16. The lowest BCUT2D eigenvalue weighted by Gasteiger charge is -2.23. The summed E-state index contributed by atoms with van der Waals surface area (Å²) in [5, 5.41) is 0.773. The maximum atomic E-state index is 6.32. The van der Waals surface area contributed by atoms with Gasteiger partial charge in [0, 0.05) is 16.6 Å². The molecule has 0 bridgehead atoms. The molecule has 1 aliphatic carbocycles. The molecule has 1 aromatic carbocycles. The molecule has 0 aliphatic heterocycles. The van der Waals surface area contributed by atoms with E-state index in [0.29, 0.717) is 5.92 Å². The molecule has 0 spiro atoms. The Morgan fingerprint density at radius 1 is 1.30 bits per heavy atom. The SMILES string of the molecule is CCC(N)Cc1c(Cl)cccc1OCC1CCCCC1. The largest absolute Gasteiger partial charge is 0.493 e. The first-order chi connectivity index (χ1) is 9.70. The topological polar surface area (TPSA) is 35.2 Å².